The molecule has 0 saturated heterocycles. The van der Waals surface area contributed by atoms with Crippen LogP contribution < -0.4 is 16.6 Å². The van der Waals surface area contributed by atoms with Crippen LogP contribution in [0.4, 0.5) is 5.82 Å². The Kier molecular flexibility index (Phi) is 3.68. The Bertz CT molecular complexity index is 1180. The number of aromatic amines is 2. The third-order valence-corrected chi connectivity index (χ3v) is 4.14. The Labute approximate surface area is 147 Å². The minimum atomic E-state index is -0.363. The maximum Gasteiger partial charge on any atom is 0.273 e. The maximum absolute atomic E-state index is 12.5. The molecule has 0 aliphatic carbocycles. The molecule has 0 unspecified atom stereocenters. The molecule has 3 aromatic heterocycles. The van der Waals surface area contributed by atoms with Crippen molar-refractivity contribution in [2.24, 2.45) is 0 Å². The molecule has 9 nitrogen and oxygen atoms in total. The number of nitrogen functional groups attached to an aromatic ring is 1. The summed E-state index contributed by atoms with van der Waals surface area (Å²) in [6.45, 7) is 2.46. The third-order valence-electron chi connectivity index (χ3n) is 4.14. The molecule has 1 aromatic carbocycles. The highest BCUT2D eigenvalue weighted by molar-refractivity contribution is 6.04. The highest BCUT2D eigenvalue weighted by atomic mass is 16.2. The average Bonchev–Trinajstić information content (AvgIpc) is 3.22. The number of fused-ring (bicyclic) bond motifs is 2. The number of nitrogens with two attached hydrogens (primary N) is 1. The normalized spacial score (nSPS) is 11.3. The van der Waals surface area contributed by atoms with E-state index in [0.717, 1.165) is 22.9 Å². The van der Waals surface area contributed by atoms with E-state index in [4.69, 9.17) is 5.73 Å². The summed E-state index contributed by atoms with van der Waals surface area (Å²) < 4.78 is 1.18. The lowest BCUT2D eigenvalue weighted by Gasteiger charge is -2.04. The Morgan fingerprint density at radius 1 is 1.35 bits per heavy atom. The summed E-state index contributed by atoms with van der Waals surface area (Å²) in [5, 5.41) is 13.2. The van der Waals surface area contributed by atoms with Crippen molar-refractivity contribution in [3.05, 3.63) is 46.4 Å². The number of benzene rings is 1. The third kappa shape index (κ3) is 2.50. The average molecular weight is 351 g/mol. The lowest BCUT2D eigenvalue weighted by atomic mass is 10.1. The molecule has 4 aromatic rings. The van der Waals surface area contributed by atoms with Gasteiger partial charge in [-0.2, -0.15) is 9.61 Å². The van der Waals surface area contributed by atoms with Crippen LogP contribution in [0.15, 0.2) is 35.3 Å². The van der Waals surface area contributed by atoms with Crippen LogP contribution in [0.1, 0.15) is 23.7 Å². The van der Waals surface area contributed by atoms with Crippen LogP contribution in [0.2, 0.25) is 0 Å². The van der Waals surface area contributed by atoms with E-state index in [2.05, 4.69) is 25.6 Å². The second kappa shape index (κ2) is 6.03. The Balaban J connectivity index is 1.89. The molecule has 0 saturated carbocycles. The molecular formula is C17H17N7O2. The fourth-order valence-electron chi connectivity index (χ4n) is 2.86. The number of anilines is 1. The molecule has 4 rings (SSSR count). The van der Waals surface area contributed by atoms with Gasteiger partial charge < -0.3 is 11.1 Å². The van der Waals surface area contributed by atoms with Gasteiger partial charge in [0, 0.05) is 23.6 Å². The molecule has 5 N–H and O–H groups in total. The minimum absolute atomic E-state index is 0.102. The van der Waals surface area contributed by atoms with Gasteiger partial charge in [0.25, 0.3) is 11.5 Å². The van der Waals surface area contributed by atoms with Crippen molar-refractivity contribution in [3.63, 3.8) is 0 Å². The lowest BCUT2D eigenvalue weighted by Crippen LogP contribution is -2.25. The first-order valence-electron chi connectivity index (χ1n) is 8.21. The van der Waals surface area contributed by atoms with Crippen molar-refractivity contribution in [2.45, 2.75) is 13.3 Å². The molecule has 132 valence electrons. The predicted molar refractivity (Wildman–Crippen MR) is 97.9 cm³/mol. The summed E-state index contributed by atoms with van der Waals surface area (Å²) in [6.07, 6.45) is 2.49. The number of hydrogen-bond donors (Lipinski definition) is 4. The fourth-order valence-corrected chi connectivity index (χ4v) is 2.86. The fraction of sp³-hybridized carbons (Fsp3) is 0.176. The summed E-state index contributed by atoms with van der Waals surface area (Å²) in [5.41, 5.74) is 8.03. The molecule has 0 radical (unpaired) electrons. The molecular weight excluding hydrogens is 334 g/mol. The monoisotopic (exact) mass is 351 g/mol. The molecule has 3 heterocycles. The summed E-state index contributed by atoms with van der Waals surface area (Å²) in [6, 6.07) is 6.98. The highest BCUT2D eigenvalue weighted by Crippen LogP contribution is 2.23. The van der Waals surface area contributed by atoms with E-state index < -0.39 is 0 Å². The Hall–Kier alpha value is -3.62. The largest absolute Gasteiger partial charge is 0.383 e. The van der Waals surface area contributed by atoms with E-state index in [9.17, 15) is 9.59 Å². The standard InChI is InChI=1S/C17H17N7O2/c1-2-5-19-17(26)14-15(18)23-24-13(25)7-12(21-16(14)24)9-3-4-11-10(6-9)8-20-22-11/h3-4,6-8,23H,2,5,18H2,1H3,(H,19,26)(H,20,22). The quantitative estimate of drug-likeness (QED) is 0.439. The number of nitrogens with zero attached hydrogens (tertiary/aromatic N) is 3. The summed E-state index contributed by atoms with van der Waals surface area (Å²) in [7, 11) is 0. The molecule has 0 atom stereocenters. The van der Waals surface area contributed by atoms with Gasteiger partial charge in [-0.1, -0.05) is 13.0 Å². The predicted octanol–water partition coefficient (Wildman–Crippen LogP) is 1.29. The zero-order valence-corrected chi connectivity index (χ0v) is 14.0. The number of aromatic nitrogens is 5. The number of nitrogens with one attached hydrogen (secondary N) is 3. The Morgan fingerprint density at radius 2 is 2.19 bits per heavy atom. The zero-order valence-electron chi connectivity index (χ0n) is 14.0. The van der Waals surface area contributed by atoms with Crippen LogP contribution >= 0.6 is 0 Å². The van der Waals surface area contributed by atoms with Gasteiger partial charge in [-0.15, -0.1) is 0 Å². The molecule has 0 aliphatic rings. The van der Waals surface area contributed by atoms with Crippen molar-refractivity contribution in [2.75, 3.05) is 12.3 Å². The number of carbonyl (C=O) groups excluding carboxylic acids is 1. The van der Waals surface area contributed by atoms with Crippen LogP contribution in [0.25, 0.3) is 27.8 Å². The first-order chi connectivity index (χ1) is 12.6. The van der Waals surface area contributed by atoms with Crippen LogP contribution in [-0.2, 0) is 0 Å². The second-order valence-corrected chi connectivity index (χ2v) is 5.97. The smallest absolute Gasteiger partial charge is 0.273 e. The van der Waals surface area contributed by atoms with Crippen LogP contribution in [0.5, 0.6) is 0 Å². The van der Waals surface area contributed by atoms with Crippen molar-refractivity contribution >= 4 is 28.3 Å². The van der Waals surface area contributed by atoms with Crippen molar-refractivity contribution in [3.8, 4) is 11.3 Å². The van der Waals surface area contributed by atoms with Crippen molar-refractivity contribution in [1.82, 2.24) is 30.1 Å². The molecule has 26 heavy (non-hydrogen) atoms. The van der Waals surface area contributed by atoms with E-state index in [1.165, 1.54) is 10.6 Å². The summed E-state index contributed by atoms with van der Waals surface area (Å²) >= 11 is 0. The van der Waals surface area contributed by atoms with E-state index in [0.29, 0.717) is 12.2 Å². The van der Waals surface area contributed by atoms with Crippen LogP contribution in [0.3, 0.4) is 0 Å². The van der Waals surface area contributed by atoms with E-state index in [1.54, 1.807) is 6.20 Å². The van der Waals surface area contributed by atoms with Crippen LogP contribution in [0, 0.1) is 0 Å². The summed E-state index contributed by atoms with van der Waals surface area (Å²) in [4.78, 5) is 29.4. The van der Waals surface area contributed by atoms with Gasteiger partial charge in [0.1, 0.15) is 11.4 Å². The molecule has 1 amide bonds. The van der Waals surface area contributed by atoms with Gasteiger partial charge in [0.2, 0.25) is 0 Å². The van der Waals surface area contributed by atoms with Crippen molar-refractivity contribution < 1.29 is 4.79 Å². The van der Waals surface area contributed by atoms with Gasteiger partial charge in [0.05, 0.1) is 17.4 Å². The first-order valence-corrected chi connectivity index (χ1v) is 8.21. The Morgan fingerprint density at radius 3 is 3.00 bits per heavy atom. The van der Waals surface area contributed by atoms with E-state index in [1.807, 2.05) is 25.1 Å². The SMILES string of the molecule is CCCNC(=O)c1c(N)[nH]n2c(=O)cc(-c3ccc4[nH]ncc4c3)nc12. The van der Waals surface area contributed by atoms with Gasteiger partial charge in [-0.25, -0.2) is 4.98 Å². The van der Waals surface area contributed by atoms with Gasteiger partial charge in [-0.3, -0.25) is 19.8 Å². The number of rotatable bonds is 4. The molecule has 0 aliphatic heterocycles. The van der Waals surface area contributed by atoms with E-state index >= 15 is 0 Å². The number of amides is 1. The number of hydrogen-bond acceptors (Lipinski definition) is 5. The molecule has 0 spiro atoms. The molecule has 0 bridgehead atoms. The second-order valence-electron chi connectivity index (χ2n) is 5.97. The molecule has 0 fully saturated rings. The summed E-state index contributed by atoms with van der Waals surface area (Å²) in [5.74, 6) is -0.261. The van der Waals surface area contributed by atoms with Crippen molar-refractivity contribution in [1.29, 1.82) is 0 Å². The number of carbonyl (C=O) groups is 1. The topological polar surface area (TPSA) is 134 Å². The minimum Gasteiger partial charge on any atom is -0.383 e. The van der Waals surface area contributed by atoms with E-state index in [-0.39, 0.29) is 28.5 Å². The van der Waals surface area contributed by atoms with Gasteiger partial charge >= 0.3 is 0 Å². The van der Waals surface area contributed by atoms with Gasteiger partial charge in [0.15, 0.2) is 5.65 Å². The molecule has 9 heteroatoms. The zero-order chi connectivity index (χ0) is 18.3. The highest BCUT2D eigenvalue weighted by Gasteiger charge is 2.20. The first kappa shape index (κ1) is 15.9. The number of H-pyrrole nitrogens is 2. The lowest BCUT2D eigenvalue weighted by molar-refractivity contribution is 0.0956. The van der Waals surface area contributed by atoms with Crippen LogP contribution in [-0.4, -0.2) is 37.2 Å². The van der Waals surface area contributed by atoms with Gasteiger partial charge in [-0.05, 0) is 18.6 Å². The maximum atomic E-state index is 12.5.